The van der Waals surface area contributed by atoms with Gasteiger partial charge in [-0.25, -0.2) is 52.7 Å². The van der Waals surface area contributed by atoms with E-state index in [9.17, 15) is 35.1 Å². The SMILES string of the molecule is Fc1ccc(OB(Oc2c(F)c(F)c(F)c3c2C(F)(F)c2c(F)c(F)c(F)c(F)c2-3)Oc2c(F)c(F)c3c(F)c(F)c4c(F)ccc5ccc2c3c54)c(F)c1F. The van der Waals surface area contributed by atoms with Crippen molar-refractivity contribution in [3.05, 3.63) is 135 Å². The Balaban J connectivity index is 1.39. The molecule has 0 aromatic heterocycles. The molecule has 0 heterocycles. The smallest absolute Gasteiger partial charge is 0.487 e. The molecular formula is C35H6BF17O3. The first-order chi connectivity index (χ1) is 26.3. The van der Waals surface area contributed by atoms with Crippen molar-refractivity contribution in [2.75, 3.05) is 0 Å². The van der Waals surface area contributed by atoms with Gasteiger partial charge < -0.3 is 14.0 Å². The van der Waals surface area contributed by atoms with E-state index in [-0.39, 0.29) is 17.5 Å². The summed E-state index contributed by atoms with van der Waals surface area (Å²) in [5, 5.41) is -5.11. The summed E-state index contributed by atoms with van der Waals surface area (Å²) in [7, 11) is -3.45. The lowest BCUT2D eigenvalue weighted by Gasteiger charge is -2.23. The monoisotopic (exact) mass is 808 g/mol. The van der Waals surface area contributed by atoms with Gasteiger partial charge in [-0.05, 0) is 29.7 Å². The van der Waals surface area contributed by atoms with Crippen LogP contribution in [-0.4, -0.2) is 7.32 Å². The van der Waals surface area contributed by atoms with Gasteiger partial charge in [-0.2, -0.15) is 22.0 Å². The van der Waals surface area contributed by atoms with Crippen molar-refractivity contribution in [2.24, 2.45) is 0 Å². The summed E-state index contributed by atoms with van der Waals surface area (Å²) >= 11 is 0. The first-order valence-electron chi connectivity index (χ1n) is 15.0. The number of hydrogen-bond acceptors (Lipinski definition) is 3. The van der Waals surface area contributed by atoms with Gasteiger partial charge in [0.25, 0.3) is 0 Å². The van der Waals surface area contributed by atoms with Gasteiger partial charge in [0.2, 0.25) is 11.6 Å². The Morgan fingerprint density at radius 1 is 0.375 bits per heavy atom. The van der Waals surface area contributed by atoms with Crippen LogP contribution in [0.25, 0.3) is 43.4 Å². The molecule has 7 aromatic carbocycles. The fourth-order valence-corrected chi connectivity index (χ4v) is 6.57. The van der Waals surface area contributed by atoms with Crippen LogP contribution >= 0.6 is 0 Å². The van der Waals surface area contributed by atoms with Crippen LogP contribution in [0.5, 0.6) is 17.2 Å². The number of alkyl halides is 2. The van der Waals surface area contributed by atoms with Crippen LogP contribution in [0.1, 0.15) is 11.1 Å². The van der Waals surface area contributed by atoms with Crippen molar-refractivity contribution < 1.29 is 88.6 Å². The predicted molar refractivity (Wildman–Crippen MR) is 158 cm³/mol. The molecule has 0 aliphatic heterocycles. The van der Waals surface area contributed by atoms with Crippen LogP contribution in [0.2, 0.25) is 0 Å². The Morgan fingerprint density at radius 2 is 0.893 bits per heavy atom. The van der Waals surface area contributed by atoms with Crippen molar-refractivity contribution >= 4 is 39.6 Å². The van der Waals surface area contributed by atoms with E-state index in [1.165, 1.54) is 0 Å². The number of hydrogen-bond donors (Lipinski definition) is 0. The zero-order valence-electron chi connectivity index (χ0n) is 26.2. The molecule has 1 aliphatic carbocycles. The largest absolute Gasteiger partial charge is 0.864 e. The van der Waals surface area contributed by atoms with Crippen LogP contribution in [0.15, 0.2) is 36.4 Å². The van der Waals surface area contributed by atoms with Crippen LogP contribution in [0.4, 0.5) is 74.6 Å². The van der Waals surface area contributed by atoms with Gasteiger partial charge in [0.1, 0.15) is 11.6 Å². The molecule has 21 heteroatoms. The summed E-state index contributed by atoms with van der Waals surface area (Å²) in [6, 6.07) is 3.77. The van der Waals surface area contributed by atoms with E-state index in [0.29, 0.717) is 6.07 Å². The maximum atomic E-state index is 15.9. The molecule has 3 nitrogen and oxygen atoms in total. The maximum absolute atomic E-state index is 15.9. The molecule has 8 rings (SSSR count). The lowest BCUT2D eigenvalue weighted by molar-refractivity contribution is 0.0401. The minimum atomic E-state index is -5.41. The molecule has 0 atom stereocenters. The third-order valence-corrected chi connectivity index (χ3v) is 8.95. The van der Waals surface area contributed by atoms with Crippen molar-refractivity contribution in [3.8, 4) is 28.4 Å². The molecule has 0 saturated heterocycles. The summed E-state index contributed by atoms with van der Waals surface area (Å²) < 4.78 is 270. The number of halogens is 17. The highest BCUT2D eigenvalue weighted by molar-refractivity contribution is 6.40. The summed E-state index contributed by atoms with van der Waals surface area (Å²) in [5.41, 5.74) is -9.35. The summed E-state index contributed by atoms with van der Waals surface area (Å²) in [5.74, 6) is -47.7. The van der Waals surface area contributed by atoms with Crippen LogP contribution < -0.4 is 14.0 Å². The van der Waals surface area contributed by atoms with E-state index >= 15 is 39.5 Å². The minimum Gasteiger partial charge on any atom is -0.487 e. The Labute approximate surface area is 297 Å². The average molecular weight is 808 g/mol. The molecule has 286 valence electrons. The number of rotatable bonds is 6. The van der Waals surface area contributed by atoms with E-state index in [1.807, 2.05) is 0 Å². The molecule has 0 saturated carbocycles. The standard InChI is InChI=1S/C35H6BF17O3/c37-9-4-2-7-1-3-8-13-12(7)14(9)22(41)25(44)17(13)26(45)31(50)33(8)55-36(54-11-6-5-10(38)20(39)21(11)40)56-34-19-16(24(43)29(48)32(34)51)15-18(35(19,52)53)27(46)30(49)28(47)23(15)42/h1-6H. The van der Waals surface area contributed by atoms with Crippen molar-refractivity contribution in [2.45, 2.75) is 5.92 Å². The van der Waals surface area contributed by atoms with E-state index in [4.69, 9.17) is 14.0 Å². The van der Waals surface area contributed by atoms with E-state index < -0.39 is 167 Å². The Morgan fingerprint density at radius 3 is 1.57 bits per heavy atom. The molecule has 7 aromatic rings. The molecular weight excluding hydrogens is 802 g/mol. The maximum Gasteiger partial charge on any atom is 0.864 e. The minimum absolute atomic E-state index is 0.141. The highest BCUT2D eigenvalue weighted by Gasteiger charge is 2.56. The summed E-state index contributed by atoms with van der Waals surface area (Å²) in [6.45, 7) is 0. The van der Waals surface area contributed by atoms with Gasteiger partial charge >= 0.3 is 13.2 Å². The van der Waals surface area contributed by atoms with E-state index in [1.54, 1.807) is 0 Å². The van der Waals surface area contributed by atoms with E-state index in [0.717, 1.165) is 18.2 Å². The average Bonchev–Trinajstić information content (AvgIpc) is 3.41. The van der Waals surface area contributed by atoms with Crippen molar-refractivity contribution in [3.63, 3.8) is 0 Å². The zero-order valence-corrected chi connectivity index (χ0v) is 26.2. The highest BCUT2D eigenvalue weighted by atomic mass is 19.3. The summed E-state index contributed by atoms with van der Waals surface area (Å²) in [6.07, 6.45) is 0. The first kappa shape index (κ1) is 36.8. The van der Waals surface area contributed by atoms with Crippen molar-refractivity contribution in [1.29, 1.82) is 0 Å². The number of fused-ring (bicyclic) bond motifs is 3. The predicted octanol–water partition coefficient (Wildman–Crippen LogP) is 11.3. The fourth-order valence-electron chi connectivity index (χ4n) is 6.57. The fraction of sp³-hybridized carbons (Fsp3) is 0.0286. The van der Waals surface area contributed by atoms with Gasteiger partial charge in [-0.15, -0.1) is 0 Å². The third kappa shape index (κ3) is 4.74. The molecule has 0 spiro atoms. The van der Waals surface area contributed by atoms with Gasteiger partial charge in [-0.3, -0.25) is 0 Å². The molecule has 0 radical (unpaired) electrons. The Kier molecular flexibility index (Phi) is 8.00. The van der Waals surface area contributed by atoms with Gasteiger partial charge in [0, 0.05) is 27.3 Å². The number of benzene rings is 7. The molecule has 0 unspecified atom stereocenters. The lowest BCUT2D eigenvalue weighted by atomic mass is 9.92. The Bertz CT molecular complexity index is 2900. The summed E-state index contributed by atoms with van der Waals surface area (Å²) in [4.78, 5) is 0. The molecule has 0 N–H and O–H groups in total. The van der Waals surface area contributed by atoms with Crippen LogP contribution in [0, 0.1) is 87.3 Å². The zero-order chi connectivity index (χ0) is 40.6. The van der Waals surface area contributed by atoms with Gasteiger partial charge in [-0.1, -0.05) is 12.1 Å². The molecule has 0 bridgehead atoms. The molecule has 1 aliphatic rings. The van der Waals surface area contributed by atoms with Crippen molar-refractivity contribution in [1.82, 2.24) is 0 Å². The topological polar surface area (TPSA) is 27.7 Å². The molecule has 0 amide bonds. The second-order valence-corrected chi connectivity index (χ2v) is 11.9. The molecule has 0 fully saturated rings. The second-order valence-electron chi connectivity index (χ2n) is 11.9. The van der Waals surface area contributed by atoms with Crippen LogP contribution in [-0.2, 0) is 5.92 Å². The quantitative estimate of drug-likeness (QED) is 0.0551. The van der Waals surface area contributed by atoms with Gasteiger partial charge in [0.15, 0.2) is 81.3 Å². The normalized spacial score (nSPS) is 13.2. The molecule has 56 heavy (non-hydrogen) atoms. The van der Waals surface area contributed by atoms with Crippen LogP contribution in [0.3, 0.4) is 0 Å². The first-order valence-corrected chi connectivity index (χ1v) is 15.0. The second kappa shape index (κ2) is 12.2. The highest BCUT2D eigenvalue weighted by Crippen LogP contribution is 2.59. The van der Waals surface area contributed by atoms with E-state index in [2.05, 4.69) is 0 Å². The lowest BCUT2D eigenvalue weighted by Crippen LogP contribution is -2.39. The van der Waals surface area contributed by atoms with Gasteiger partial charge in [0.05, 0.1) is 21.9 Å². The Hall–Kier alpha value is -6.15. The third-order valence-electron chi connectivity index (χ3n) is 8.95.